The quantitative estimate of drug-likeness (QED) is 0.702. The highest BCUT2D eigenvalue weighted by atomic mass is 35.5. The molecule has 0 saturated heterocycles. The first-order valence-corrected chi connectivity index (χ1v) is 10.0. The number of Topliss-reactive ketones (excluding diaryl/α,β-unsaturated/α-hetero) is 1. The van der Waals surface area contributed by atoms with Crippen molar-refractivity contribution < 1.29 is 4.79 Å². The van der Waals surface area contributed by atoms with E-state index in [1.165, 1.54) is 5.56 Å². The van der Waals surface area contributed by atoms with Crippen LogP contribution in [-0.4, -0.2) is 36.9 Å². The Hall–Kier alpha value is -1.36. The standard InChI is InChI=1S/C22H22Cl2N2O.ClH/c23-19-8-7-16(13-20(19)24)14-21(27)22(15-26-11-3-4-12-26)18-6-2-1-5-17(18)9-10-25-22;/h1-8,13,25H,9-12,14-15H2;1H. The van der Waals surface area contributed by atoms with Crippen LogP contribution < -0.4 is 5.32 Å². The van der Waals surface area contributed by atoms with Crippen molar-refractivity contribution in [3.05, 3.63) is 81.4 Å². The van der Waals surface area contributed by atoms with Crippen LogP contribution in [0.25, 0.3) is 0 Å². The Morgan fingerprint density at radius 2 is 1.82 bits per heavy atom. The molecule has 4 rings (SSSR count). The first-order valence-electron chi connectivity index (χ1n) is 9.26. The molecular formula is C22H23Cl3N2O. The van der Waals surface area contributed by atoms with E-state index in [-0.39, 0.29) is 18.2 Å². The Morgan fingerprint density at radius 1 is 1.07 bits per heavy atom. The van der Waals surface area contributed by atoms with Crippen LogP contribution in [0.5, 0.6) is 0 Å². The van der Waals surface area contributed by atoms with E-state index < -0.39 is 5.54 Å². The molecule has 0 aliphatic carbocycles. The van der Waals surface area contributed by atoms with Crippen LogP contribution in [-0.2, 0) is 23.2 Å². The minimum atomic E-state index is -0.701. The average Bonchev–Trinajstić information content (AvgIpc) is 3.18. The van der Waals surface area contributed by atoms with Crippen molar-refractivity contribution >= 4 is 41.4 Å². The van der Waals surface area contributed by atoms with Crippen molar-refractivity contribution in [1.29, 1.82) is 0 Å². The summed E-state index contributed by atoms with van der Waals surface area (Å²) in [5, 5.41) is 4.57. The third-order valence-electron chi connectivity index (χ3n) is 5.48. The van der Waals surface area contributed by atoms with Gasteiger partial charge in [-0.05, 0) is 35.2 Å². The molecule has 2 aromatic carbocycles. The number of fused-ring (bicyclic) bond motifs is 1. The van der Waals surface area contributed by atoms with Gasteiger partial charge in [0.2, 0.25) is 0 Å². The number of nitrogens with one attached hydrogen (secondary N) is 1. The van der Waals surface area contributed by atoms with Crippen LogP contribution in [0.4, 0.5) is 0 Å². The Balaban J connectivity index is 0.00000225. The third-order valence-corrected chi connectivity index (χ3v) is 6.22. The van der Waals surface area contributed by atoms with E-state index in [1.807, 2.05) is 12.1 Å². The van der Waals surface area contributed by atoms with Crippen molar-refractivity contribution in [2.75, 3.05) is 26.2 Å². The van der Waals surface area contributed by atoms with Gasteiger partial charge in [0.1, 0.15) is 5.54 Å². The number of hydrogen-bond donors (Lipinski definition) is 1. The molecule has 2 aliphatic rings. The zero-order valence-corrected chi connectivity index (χ0v) is 17.8. The van der Waals surface area contributed by atoms with Crippen LogP contribution in [0.2, 0.25) is 10.0 Å². The Kier molecular flexibility index (Phi) is 6.85. The molecule has 1 atom stereocenters. The predicted molar refractivity (Wildman–Crippen MR) is 118 cm³/mol. The molecule has 2 aliphatic heterocycles. The van der Waals surface area contributed by atoms with Gasteiger partial charge in [-0.2, -0.15) is 0 Å². The van der Waals surface area contributed by atoms with E-state index in [1.54, 1.807) is 12.1 Å². The molecule has 1 unspecified atom stereocenters. The summed E-state index contributed by atoms with van der Waals surface area (Å²) in [5.41, 5.74) is 2.55. The van der Waals surface area contributed by atoms with Gasteiger partial charge in [0.05, 0.1) is 10.0 Å². The van der Waals surface area contributed by atoms with Crippen molar-refractivity contribution in [1.82, 2.24) is 10.2 Å². The lowest BCUT2D eigenvalue weighted by atomic mass is 9.77. The molecule has 0 fully saturated rings. The first kappa shape index (κ1) is 21.4. The Labute approximate surface area is 182 Å². The molecule has 28 heavy (non-hydrogen) atoms. The molecular weight excluding hydrogens is 415 g/mol. The summed E-state index contributed by atoms with van der Waals surface area (Å²) in [4.78, 5) is 16.0. The lowest BCUT2D eigenvalue weighted by molar-refractivity contribution is -0.126. The maximum absolute atomic E-state index is 13.7. The molecule has 0 aromatic heterocycles. The second kappa shape index (κ2) is 8.98. The second-order valence-electron chi connectivity index (χ2n) is 7.25. The van der Waals surface area contributed by atoms with Crippen LogP contribution >= 0.6 is 35.6 Å². The van der Waals surface area contributed by atoms with Gasteiger partial charge in [-0.25, -0.2) is 0 Å². The van der Waals surface area contributed by atoms with Crippen LogP contribution in [0.15, 0.2) is 54.6 Å². The van der Waals surface area contributed by atoms with E-state index in [2.05, 4.69) is 40.6 Å². The molecule has 3 nitrogen and oxygen atoms in total. The number of benzene rings is 2. The number of ketones is 1. The summed E-state index contributed by atoms with van der Waals surface area (Å²) in [6, 6.07) is 13.7. The topological polar surface area (TPSA) is 32.3 Å². The molecule has 2 aromatic rings. The number of halogens is 3. The summed E-state index contributed by atoms with van der Waals surface area (Å²) >= 11 is 12.2. The van der Waals surface area contributed by atoms with E-state index in [0.29, 0.717) is 23.0 Å². The minimum absolute atomic E-state index is 0. The van der Waals surface area contributed by atoms with E-state index in [9.17, 15) is 4.79 Å². The summed E-state index contributed by atoms with van der Waals surface area (Å²) in [7, 11) is 0. The normalized spacial score (nSPS) is 21.2. The van der Waals surface area contributed by atoms with Gasteiger partial charge in [0, 0.05) is 32.6 Å². The fourth-order valence-corrected chi connectivity index (χ4v) is 4.43. The smallest absolute Gasteiger partial charge is 0.163 e. The van der Waals surface area contributed by atoms with Gasteiger partial charge in [-0.3, -0.25) is 15.0 Å². The van der Waals surface area contributed by atoms with Gasteiger partial charge in [-0.1, -0.05) is 65.7 Å². The summed E-state index contributed by atoms with van der Waals surface area (Å²) in [5.74, 6) is 0.167. The van der Waals surface area contributed by atoms with Gasteiger partial charge < -0.3 is 0 Å². The molecule has 0 amide bonds. The van der Waals surface area contributed by atoms with E-state index >= 15 is 0 Å². The first-order chi connectivity index (χ1) is 13.1. The maximum atomic E-state index is 13.7. The molecule has 0 bridgehead atoms. The van der Waals surface area contributed by atoms with Gasteiger partial charge in [0.15, 0.2) is 5.78 Å². The monoisotopic (exact) mass is 436 g/mol. The second-order valence-corrected chi connectivity index (χ2v) is 8.07. The molecule has 148 valence electrons. The van der Waals surface area contributed by atoms with Gasteiger partial charge in [-0.15, -0.1) is 12.4 Å². The average molecular weight is 438 g/mol. The lowest BCUT2D eigenvalue weighted by Crippen LogP contribution is -2.59. The number of rotatable bonds is 5. The SMILES string of the molecule is Cl.O=C(Cc1ccc(Cl)c(Cl)c1)C1(CN2CC=CC2)NCCc2ccccc21. The number of carbonyl (C=O) groups excluding carboxylic acids is 1. The lowest BCUT2D eigenvalue weighted by Gasteiger charge is -2.41. The largest absolute Gasteiger partial charge is 0.300 e. The van der Waals surface area contributed by atoms with Crippen molar-refractivity contribution in [2.45, 2.75) is 18.4 Å². The molecule has 0 spiro atoms. The molecule has 2 heterocycles. The third kappa shape index (κ3) is 4.14. The van der Waals surface area contributed by atoms with Crippen molar-refractivity contribution in [3.8, 4) is 0 Å². The highest BCUT2D eigenvalue weighted by Crippen LogP contribution is 2.33. The minimum Gasteiger partial charge on any atom is -0.300 e. The maximum Gasteiger partial charge on any atom is 0.163 e. The van der Waals surface area contributed by atoms with Crippen molar-refractivity contribution in [3.63, 3.8) is 0 Å². The zero-order valence-electron chi connectivity index (χ0n) is 15.5. The zero-order chi connectivity index (χ0) is 18.9. The van der Waals surface area contributed by atoms with E-state index in [0.717, 1.165) is 37.2 Å². The van der Waals surface area contributed by atoms with Crippen LogP contribution in [0.1, 0.15) is 16.7 Å². The Morgan fingerprint density at radius 3 is 2.57 bits per heavy atom. The highest BCUT2D eigenvalue weighted by Gasteiger charge is 2.43. The fraction of sp³-hybridized carbons (Fsp3) is 0.318. The van der Waals surface area contributed by atoms with Gasteiger partial charge >= 0.3 is 0 Å². The van der Waals surface area contributed by atoms with Crippen LogP contribution in [0.3, 0.4) is 0 Å². The summed E-state index contributed by atoms with van der Waals surface area (Å²) in [6.45, 7) is 3.22. The molecule has 0 saturated carbocycles. The number of hydrogen-bond acceptors (Lipinski definition) is 3. The van der Waals surface area contributed by atoms with E-state index in [4.69, 9.17) is 23.2 Å². The Bertz CT molecular complexity index is 891. The molecule has 0 radical (unpaired) electrons. The molecule has 1 N–H and O–H groups in total. The summed E-state index contributed by atoms with van der Waals surface area (Å²) < 4.78 is 0. The summed E-state index contributed by atoms with van der Waals surface area (Å²) in [6.07, 6.45) is 5.58. The number of carbonyl (C=O) groups is 1. The fourth-order valence-electron chi connectivity index (χ4n) is 4.11. The highest BCUT2D eigenvalue weighted by molar-refractivity contribution is 6.42. The predicted octanol–water partition coefficient (Wildman–Crippen LogP) is 4.44. The number of nitrogens with zero attached hydrogens (tertiary/aromatic N) is 1. The molecule has 6 heteroatoms. The van der Waals surface area contributed by atoms with Crippen LogP contribution in [0, 0.1) is 0 Å². The van der Waals surface area contributed by atoms with Crippen molar-refractivity contribution in [2.24, 2.45) is 0 Å². The van der Waals surface area contributed by atoms with Gasteiger partial charge in [0.25, 0.3) is 0 Å².